The molecule has 1 fully saturated rings. The van der Waals surface area contributed by atoms with Crippen LogP contribution in [0.1, 0.15) is 23.6 Å². The predicted octanol–water partition coefficient (Wildman–Crippen LogP) is 7.81. The highest BCUT2D eigenvalue weighted by molar-refractivity contribution is 7.99. The summed E-state index contributed by atoms with van der Waals surface area (Å²) in [6.45, 7) is 7.54. The van der Waals surface area contributed by atoms with Crippen molar-refractivity contribution in [1.29, 1.82) is 0 Å². The summed E-state index contributed by atoms with van der Waals surface area (Å²) in [6.07, 6.45) is -1.78. The molecular weight excluding hydrogens is 544 g/mol. The van der Waals surface area contributed by atoms with Gasteiger partial charge < -0.3 is 23.7 Å². The number of rotatable bonds is 14. The van der Waals surface area contributed by atoms with Crippen molar-refractivity contribution < 1.29 is 23.7 Å². The van der Waals surface area contributed by atoms with E-state index in [2.05, 4.69) is 55.1 Å². The Balaban J connectivity index is 1.44. The molecule has 0 aliphatic carbocycles. The first kappa shape index (κ1) is 30.1. The van der Waals surface area contributed by atoms with Gasteiger partial charge in [0.1, 0.15) is 23.7 Å². The molecule has 0 N–H and O–H groups in total. The Labute approximate surface area is 253 Å². The van der Waals surface area contributed by atoms with Crippen LogP contribution < -0.4 is 0 Å². The van der Waals surface area contributed by atoms with E-state index in [1.165, 1.54) is 0 Å². The minimum Gasteiger partial charge on any atom is -0.489 e. The lowest BCUT2D eigenvalue weighted by atomic mass is 9.99. The molecule has 42 heavy (non-hydrogen) atoms. The molecule has 218 valence electrons. The summed E-state index contributed by atoms with van der Waals surface area (Å²) >= 11 is 1.61. The molecule has 0 unspecified atom stereocenters. The summed E-state index contributed by atoms with van der Waals surface area (Å²) in [4.78, 5) is 1.08. The van der Waals surface area contributed by atoms with E-state index in [0.717, 1.165) is 21.6 Å². The zero-order valence-corrected chi connectivity index (χ0v) is 24.7. The van der Waals surface area contributed by atoms with Gasteiger partial charge in [-0.15, -0.1) is 0 Å². The number of allylic oxidation sites excluding steroid dienone is 1. The minimum absolute atomic E-state index is 0.338. The quantitative estimate of drug-likeness (QED) is 0.141. The van der Waals surface area contributed by atoms with Crippen molar-refractivity contribution in [3.05, 3.63) is 150 Å². The third-order valence-corrected chi connectivity index (χ3v) is 8.04. The highest BCUT2D eigenvalue weighted by Crippen LogP contribution is 2.38. The third-order valence-electron chi connectivity index (χ3n) is 6.89. The summed E-state index contributed by atoms with van der Waals surface area (Å²) in [5, 5.41) is 0. The Hall–Kier alpha value is -3.39. The molecule has 0 spiro atoms. The fourth-order valence-electron chi connectivity index (χ4n) is 4.89. The fourth-order valence-corrected chi connectivity index (χ4v) is 6.02. The van der Waals surface area contributed by atoms with Gasteiger partial charge in [-0.2, -0.15) is 0 Å². The van der Waals surface area contributed by atoms with Gasteiger partial charge in [0.2, 0.25) is 0 Å². The highest BCUT2D eigenvalue weighted by Gasteiger charge is 2.49. The van der Waals surface area contributed by atoms with Crippen LogP contribution >= 0.6 is 11.8 Å². The first-order valence-corrected chi connectivity index (χ1v) is 15.2. The summed E-state index contributed by atoms with van der Waals surface area (Å²) < 4.78 is 32.8. The summed E-state index contributed by atoms with van der Waals surface area (Å²) in [5.41, 5.74) is 2.86. The smallest absolute Gasteiger partial charge is 0.163 e. The van der Waals surface area contributed by atoms with E-state index >= 15 is 0 Å². The van der Waals surface area contributed by atoms with Crippen LogP contribution in [-0.4, -0.2) is 36.5 Å². The van der Waals surface area contributed by atoms with Gasteiger partial charge in [0.05, 0.1) is 32.2 Å². The van der Waals surface area contributed by atoms with E-state index < -0.39 is 24.4 Å². The number of hydrogen-bond donors (Lipinski definition) is 0. The van der Waals surface area contributed by atoms with E-state index in [1.54, 1.807) is 11.8 Å². The van der Waals surface area contributed by atoms with Crippen molar-refractivity contribution >= 4 is 11.8 Å². The number of benzene rings is 4. The minimum atomic E-state index is -0.470. The molecule has 1 heterocycles. The van der Waals surface area contributed by atoms with Crippen LogP contribution in [0.25, 0.3) is 0 Å². The maximum Gasteiger partial charge on any atom is 0.163 e. The van der Waals surface area contributed by atoms with Gasteiger partial charge in [-0.25, -0.2) is 0 Å². The number of thioether (sulfide) groups is 1. The summed E-state index contributed by atoms with van der Waals surface area (Å²) in [7, 11) is 0. The molecule has 0 radical (unpaired) electrons. The molecule has 1 saturated heterocycles. The molecule has 5 nitrogen and oxygen atoms in total. The lowest BCUT2D eigenvalue weighted by Crippen LogP contribution is -2.60. The van der Waals surface area contributed by atoms with Gasteiger partial charge in [-0.1, -0.05) is 128 Å². The van der Waals surface area contributed by atoms with Crippen LogP contribution in [0.4, 0.5) is 0 Å². The predicted molar refractivity (Wildman–Crippen MR) is 167 cm³/mol. The normalized spacial score (nSPS) is 22.0. The number of ether oxygens (including phenoxy) is 5. The largest absolute Gasteiger partial charge is 0.489 e. The molecule has 6 heteroatoms. The van der Waals surface area contributed by atoms with E-state index in [9.17, 15) is 0 Å². The zero-order valence-electron chi connectivity index (χ0n) is 23.9. The van der Waals surface area contributed by atoms with E-state index in [4.69, 9.17) is 23.7 Å². The van der Waals surface area contributed by atoms with Crippen LogP contribution in [0, 0.1) is 0 Å². The average molecular weight is 583 g/mol. The summed E-state index contributed by atoms with van der Waals surface area (Å²) in [6, 6.07) is 40.6. The van der Waals surface area contributed by atoms with Crippen molar-refractivity contribution in [3.8, 4) is 0 Å². The van der Waals surface area contributed by atoms with Gasteiger partial charge in [-0.05, 0) is 35.7 Å². The monoisotopic (exact) mass is 582 g/mol. The molecule has 4 aromatic rings. The van der Waals surface area contributed by atoms with Crippen molar-refractivity contribution in [3.63, 3.8) is 0 Å². The van der Waals surface area contributed by atoms with E-state index in [-0.39, 0.29) is 5.44 Å². The first-order valence-electron chi connectivity index (χ1n) is 14.3. The van der Waals surface area contributed by atoms with Crippen LogP contribution in [0.5, 0.6) is 0 Å². The Morgan fingerprint density at radius 2 is 1.12 bits per heavy atom. The molecule has 1 aliphatic heterocycles. The van der Waals surface area contributed by atoms with Gasteiger partial charge >= 0.3 is 0 Å². The fraction of sp³-hybridized carbons (Fsp3) is 0.278. The Morgan fingerprint density at radius 3 is 1.64 bits per heavy atom. The van der Waals surface area contributed by atoms with Crippen molar-refractivity contribution in [1.82, 2.24) is 0 Å². The van der Waals surface area contributed by atoms with Crippen molar-refractivity contribution in [2.45, 2.75) is 61.5 Å². The van der Waals surface area contributed by atoms with E-state index in [0.29, 0.717) is 32.2 Å². The molecule has 1 aliphatic rings. The topological polar surface area (TPSA) is 46.2 Å². The van der Waals surface area contributed by atoms with Crippen molar-refractivity contribution in [2.75, 3.05) is 6.61 Å². The maximum absolute atomic E-state index is 6.79. The number of hydrogen-bond acceptors (Lipinski definition) is 6. The highest BCUT2D eigenvalue weighted by atomic mass is 32.2. The second-order valence-electron chi connectivity index (χ2n) is 10.3. The van der Waals surface area contributed by atoms with Crippen LogP contribution in [0.3, 0.4) is 0 Å². The maximum atomic E-state index is 6.79. The Bertz CT molecular complexity index is 1340. The van der Waals surface area contributed by atoms with Gasteiger partial charge in [0, 0.05) is 4.90 Å². The van der Waals surface area contributed by atoms with Gasteiger partial charge in [0.25, 0.3) is 0 Å². The lowest BCUT2D eigenvalue weighted by Gasteiger charge is -2.46. The van der Waals surface area contributed by atoms with Crippen LogP contribution in [-0.2, 0) is 43.5 Å². The molecule has 0 aromatic heterocycles. The SMILES string of the molecule is C=C(C)O[C@@H]1[C@@H](OCc2ccccc2)[C@H](OCc2ccccc2)[C@@H](COCc2ccccc2)O[C@H]1Sc1ccccc1. The van der Waals surface area contributed by atoms with Gasteiger partial charge in [0.15, 0.2) is 6.10 Å². The van der Waals surface area contributed by atoms with Crippen LogP contribution in [0.15, 0.2) is 139 Å². The van der Waals surface area contributed by atoms with Crippen LogP contribution in [0.2, 0.25) is 0 Å². The standard InChI is InChI=1S/C36H38O5S/c1-27(2)40-35-34(39-25-30-19-11-5-12-20-30)33(38-24-29-17-9-4-10-18-29)32(26-37-23-28-15-7-3-8-16-28)41-36(35)42-31-21-13-6-14-22-31/h3-22,32-36H,1,23-26H2,2H3/t32-,33-,34+,35-,36+/m1/s1. The Morgan fingerprint density at radius 1 is 0.643 bits per heavy atom. The van der Waals surface area contributed by atoms with Gasteiger partial charge in [-0.3, -0.25) is 0 Å². The molecule has 0 amide bonds. The lowest BCUT2D eigenvalue weighted by molar-refractivity contribution is -0.246. The molecule has 5 atom stereocenters. The van der Waals surface area contributed by atoms with E-state index in [1.807, 2.05) is 79.7 Å². The molecule has 4 aromatic carbocycles. The first-order chi connectivity index (χ1) is 20.7. The molecule has 0 saturated carbocycles. The second kappa shape index (κ2) is 15.7. The zero-order chi connectivity index (χ0) is 29.0. The molecule has 5 rings (SSSR count). The third kappa shape index (κ3) is 8.81. The summed E-state index contributed by atoms with van der Waals surface area (Å²) in [5.74, 6) is 0.594. The average Bonchev–Trinajstić information content (AvgIpc) is 3.02. The Kier molecular flexibility index (Phi) is 11.3. The second-order valence-corrected chi connectivity index (χ2v) is 11.5. The molecule has 0 bridgehead atoms. The van der Waals surface area contributed by atoms with Crippen molar-refractivity contribution in [2.24, 2.45) is 0 Å². The molecular formula is C36H38O5S.